The van der Waals surface area contributed by atoms with Crippen molar-refractivity contribution in [1.29, 1.82) is 0 Å². The van der Waals surface area contributed by atoms with E-state index in [9.17, 15) is 0 Å². The Labute approximate surface area is 132 Å². The van der Waals surface area contributed by atoms with Crippen LogP contribution in [0.1, 0.15) is 44.1 Å². The molecule has 1 nitrogen and oxygen atoms in total. The number of benzene rings is 2. The van der Waals surface area contributed by atoms with E-state index in [-0.39, 0.29) is 0 Å². The zero-order valence-corrected chi connectivity index (χ0v) is 13.3. The van der Waals surface area contributed by atoms with Gasteiger partial charge in [-0.25, -0.2) is 0 Å². The van der Waals surface area contributed by atoms with Crippen molar-refractivity contribution in [3.05, 3.63) is 47.0 Å². The Kier molecular flexibility index (Phi) is 5.16. The highest BCUT2D eigenvalue weighted by atomic mass is 35.5. The fourth-order valence-corrected chi connectivity index (χ4v) is 3.16. The molecule has 2 aromatic carbocycles. The second kappa shape index (κ2) is 7.29. The molecule has 0 spiro atoms. The van der Waals surface area contributed by atoms with Crippen LogP contribution in [0.3, 0.4) is 0 Å². The van der Waals surface area contributed by atoms with E-state index in [0.717, 1.165) is 17.5 Å². The Morgan fingerprint density at radius 2 is 1.67 bits per heavy atom. The third-order valence-electron chi connectivity index (χ3n) is 4.34. The third-order valence-corrected chi connectivity index (χ3v) is 4.67. The lowest BCUT2D eigenvalue weighted by Gasteiger charge is -2.08. The predicted molar refractivity (Wildman–Crippen MR) is 92.2 cm³/mol. The van der Waals surface area contributed by atoms with E-state index in [1.165, 1.54) is 61.4 Å². The summed E-state index contributed by atoms with van der Waals surface area (Å²) in [5.41, 5.74) is 1.44. The molecular weight excluding hydrogens is 278 g/mol. The first-order valence-corrected chi connectivity index (χ1v) is 8.62. The van der Waals surface area contributed by atoms with E-state index in [4.69, 9.17) is 11.6 Å². The number of aryl methyl sites for hydroxylation is 1. The van der Waals surface area contributed by atoms with Gasteiger partial charge in [0.05, 0.1) is 0 Å². The zero-order valence-electron chi connectivity index (χ0n) is 12.6. The van der Waals surface area contributed by atoms with Gasteiger partial charge >= 0.3 is 0 Å². The Bertz CT molecular complexity index is 589. The van der Waals surface area contributed by atoms with Gasteiger partial charge in [-0.1, -0.05) is 54.8 Å². The SMILES string of the molecule is Clc1ccc(CCCCCCNC2CC2)c2ccccc12. The molecule has 112 valence electrons. The maximum atomic E-state index is 6.27. The fraction of sp³-hybridized carbons (Fsp3) is 0.474. The first-order valence-electron chi connectivity index (χ1n) is 8.24. The molecule has 0 aromatic heterocycles. The number of halogens is 1. The first-order chi connectivity index (χ1) is 10.3. The fourth-order valence-electron chi connectivity index (χ4n) is 2.93. The van der Waals surface area contributed by atoms with Gasteiger partial charge in [0.15, 0.2) is 0 Å². The van der Waals surface area contributed by atoms with Gasteiger partial charge in [-0.05, 0) is 55.7 Å². The molecule has 1 N–H and O–H groups in total. The van der Waals surface area contributed by atoms with Crippen molar-refractivity contribution in [3.8, 4) is 0 Å². The van der Waals surface area contributed by atoms with Gasteiger partial charge in [-0.3, -0.25) is 0 Å². The molecular formula is C19H24ClN. The molecule has 2 heteroatoms. The summed E-state index contributed by atoms with van der Waals surface area (Å²) in [5.74, 6) is 0. The van der Waals surface area contributed by atoms with Crippen molar-refractivity contribution < 1.29 is 0 Å². The number of hydrogen-bond acceptors (Lipinski definition) is 1. The van der Waals surface area contributed by atoms with Gasteiger partial charge in [0.1, 0.15) is 0 Å². The van der Waals surface area contributed by atoms with Crippen LogP contribution in [0.2, 0.25) is 5.02 Å². The number of hydrogen-bond donors (Lipinski definition) is 1. The number of unbranched alkanes of at least 4 members (excludes halogenated alkanes) is 3. The summed E-state index contributed by atoms with van der Waals surface area (Å²) in [5, 5.41) is 6.95. The van der Waals surface area contributed by atoms with Crippen LogP contribution < -0.4 is 5.32 Å². The lowest BCUT2D eigenvalue weighted by atomic mass is 9.99. The smallest absolute Gasteiger partial charge is 0.0484 e. The van der Waals surface area contributed by atoms with Gasteiger partial charge in [0.2, 0.25) is 0 Å². The molecule has 1 fully saturated rings. The monoisotopic (exact) mass is 301 g/mol. The van der Waals surface area contributed by atoms with Crippen molar-refractivity contribution in [1.82, 2.24) is 5.32 Å². The zero-order chi connectivity index (χ0) is 14.5. The Balaban J connectivity index is 1.45. The molecule has 0 heterocycles. The standard InChI is InChI=1S/C19H24ClN/c20-19-13-10-15(17-8-4-5-9-18(17)19)7-3-1-2-6-14-21-16-11-12-16/h4-5,8-10,13,16,21H,1-3,6-7,11-12,14H2. The van der Waals surface area contributed by atoms with Gasteiger partial charge in [0.25, 0.3) is 0 Å². The molecule has 3 rings (SSSR count). The quantitative estimate of drug-likeness (QED) is 0.648. The topological polar surface area (TPSA) is 12.0 Å². The van der Waals surface area contributed by atoms with E-state index in [1.54, 1.807) is 0 Å². The van der Waals surface area contributed by atoms with Crippen LogP contribution in [-0.2, 0) is 6.42 Å². The molecule has 0 atom stereocenters. The second-order valence-electron chi connectivity index (χ2n) is 6.14. The van der Waals surface area contributed by atoms with E-state index < -0.39 is 0 Å². The predicted octanol–water partition coefficient (Wildman–Crippen LogP) is 5.35. The van der Waals surface area contributed by atoms with Crippen molar-refractivity contribution in [2.45, 2.75) is 51.0 Å². The minimum Gasteiger partial charge on any atom is -0.314 e. The van der Waals surface area contributed by atoms with Crippen LogP contribution in [0.4, 0.5) is 0 Å². The molecule has 1 aliphatic rings. The van der Waals surface area contributed by atoms with Crippen LogP contribution >= 0.6 is 11.6 Å². The van der Waals surface area contributed by atoms with E-state index in [0.29, 0.717) is 0 Å². The molecule has 0 unspecified atom stereocenters. The number of fused-ring (bicyclic) bond motifs is 1. The average Bonchev–Trinajstić information content (AvgIpc) is 3.33. The van der Waals surface area contributed by atoms with Gasteiger partial charge in [0, 0.05) is 16.5 Å². The first kappa shape index (κ1) is 14.9. The Morgan fingerprint density at radius 1 is 0.905 bits per heavy atom. The average molecular weight is 302 g/mol. The van der Waals surface area contributed by atoms with Crippen molar-refractivity contribution in [2.75, 3.05) is 6.54 Å². The highest BCUT2D eigenvalue weighted by Gasteiger charge is 2.19. The summed E-state index contributed by atoms with van der Waals surface area (Å²) in [7, 11) is 0. The maximum Gasteiger partial charge on any atom is 0.0484 e. The third kappa shape index (κ3) is 4.21. The lowest BCUT2D eigenvalue weighted by molar-refractivity contribution is 0.586. The summed E-state index contributed by atoms with van der Waals surface area (Å²) in [6.45, 7) is 1.20. The number of nitrogens with one attached hydrogen (secondary N) is 1. The molecule has 0 radical (unpaired) electrons. The summed E-state index contributed by atoms with van der Waals surface area (Å²) < 4.78 is 0. The highest BCUT2D eigenvalue weighted by molar-refractivity contribution is 6.35. The van der Waals surface area contributed by atoms with Crippen LogP contribution in [0.5, 0.6) is 0 Å². The molecule has 0 amide bonds. The van der Waals surface area contributed by atoms with Crippen LogP contribution in [-0.4, -0.2) is 12.6 Å². The van der Waals surface area contributed by atoms with Gasteiger partial charge in [-0.15, -0.1) is 0 Å². The van der Waals surface area contributed by atoms with Crippen molar-refractivity contribution in [2.24, 2.45) is 0 Å². The summed E-state index contributed by atoms with van der Waals surface area (Å²) in [6, 6.07) is 13.6. The molecule has 0 bridgehead atoms. The molecule has 0 aliphatic heterocycles. The van der Waals surface area contributed by atoms with Crippen LogP contribution in [0, 0.1) is 0 Å². The minimum absolute atomic E-state index is 0.852. The molecule has 2 aromatic rings. The van der Waals surface area contributed by atoms with Crippen molar-refractivity contribution in [3.63, 3.8) is 0 Å². The molecule has 0 saturated heterocycles. The maximum absolute atomic E-state index is 6.27. The van der Waals surface area contributed by atoms with Gasteiger partial charge < -0.3 is 5.32 Å². The highest BCUT2D eigenvalue weighted by Crippen LogP contribution is 2.27. The Morgan fingerprint density at radius 3 is 2.48 bits per heavy atom. The van der Waals surface area contributed by atoms with E-state index in [2.05, 4.69) is 35.6 Å². The van der Waals surface area contributed by atoms with E-state index >= 15 is 0 Å². The largest absolute Gasteiger partial charge is 0.314 e. The van der Waals surface area contributed by atoms with Crippen LogP contribution in [0.25, 0.3) is 10.8 Å². The molecule has 21 heavy (non-hydrogen) atoms. The lowest BCUT2D eigenvalue weighted by Crippen LogP contribution is -2.17. The second-order valence-corrected chi connectivity index (χ2v) is 6.55. The summed E-state index contributed by atoms with van der Waals surface area (Å²) in [6.07, 6.45) is 9.20. The van der Waals surface area contributed by atoms with E-state index in [1.807, 2.05) is 6.07 Å². The summed E-state index contributed by atoms with van der Waals surface area (Å²) in [4.78, 5) is 0. The van der Waals surface area contributed by atoms with Gasteiger partial charge in [-0.2, -0.15) is 0 Å². The normalized spacial score (nSPS) is 14.7. The van der Waals surface area contributed by atoms with Crippen molar-refractivity contribution >= 4 is 22.4 Å². The summed E-state index contributed by atoms with van der Waals surface area (Å²) >= 11 is 6.27. The molecule has 1 saturated carbocycles. The molecule has 1 aliphatic carbocycles. The number of rotatable bonds is 8. The minimum atomic E-state index is 0.852. The Hall–Kier alpha value is -1.05. The van der Waals surface area contributed by atoms with Crippen LogP contribution in [0.15, 0.2) is 36.4 Å².